The highest BCUT2D eigenvalue weighted by atomic mass is 17.1. The van der Waals surface area contributed by atoms with Crippen molar-refractivity contribution in [3.63, 3.8) is 0 Å². The molecule has 0 spiro atoms. The summed E-state index contributed by atoms with van der Waals surface area (Å²) in [6.45, 7) is 0.131. The number of ether oxygens (including phenoxy) is 1. The average molecular weight is 195 g/mol. The number of benzene rings is 1. The highest BCUT2D eigenvalue weighted by molar-refractivity contribution is 5.95. The van der Waals surface area contributed by atoms with Crippen LogP contribution in [0.15, 0.2) is 18.2 Å². The molecule has 2 N–H and O–H groups in total. The van der Waals surface area contributed by atoms with Crippen molar-refractivity contribution in [2.24, 2.45) is 0 Å². The van der Waals surface area contributed by atoms with E-state index in [0.717, 1.165) is 5.56 Å². The largest absolute Gasteiger partial charge is 0.482 e. The summed E-state index contributed by atoms with van der Waals surface area (Å²) in [6, 6.07) is 5.18. The number of anilines is 1. The zero-order chi connectivity index (χ0) is 9.97. The monoisotopic (exact) mass is 195 g/mol. The maximum atomic E-state index is 11.0. The summed E-state index contributed by atoms with van der Waals surface area (Å²) in [5.41, 5.74) is 1.37. The fraction of sp³-hybridized carbons (Fsp3) is 0.222. The van der Waals surface area contributed by atoms with Gasteiger partial charge in [-0.1, -0.05) is 6.07 Å². The molecule has 14 heavy (non-hydrogen) atoms. The van der Waals surface area contributed by atoms with Crippen LogP contribution in [0, 0.1) is 0 Å². The van der Waals surface area contributed by atoms with Gasteiger partial charge in [0.25, 0.3) is 5.91 Å². The van der Waals surface area contributed by atoms with Gasteiger partial charge in [0.2, 0.25) is 0 Å². The van der Waals surface area contributed by atoms with Crippen LogP contribution in [-0.2, 0) is 16.3 Å². The minimum Gasteiger partial charge on any atom is -0.482 e. The minimum absolute atomic E-state index is 0.0445. The molecule has 1 heterocycles. The zero-order valence-corrected chi connectivity index (χ0v) is 7.32. The lowest BCUT2D eigenvalue weighted by Gasteiger charge is -2.18. The van der Waals surface area contributed by atoms with Gasteiger partial charge in [0.1, 0.15) is 12.4 Å². The first-order chi connectivity index (χ1) is 6.79. The summed E-state index contributed by atoms with van der Waals surface area (Å²) in [5, 5.41) is 10.9. The van der Waals surface area contributed by atoms with Gasteiger partial charge >= 0.3 is 0 Å². The molecule has 0 saturated carbocycles. The smallest absolute Gasteiger partial charge is 0.262 e. The molecule has 1 aromatic rings. The van der Waals surface area contributed by atoms with Crippen molar-refractivity contribution in [2.75, 3.05) is 11.9 Å². The summed E-state index contributed by atoms with van der Waals surface area (Å²) in [5.74, 6) is 0.450. The van der Waals surface area contributed by atoms with Crippen LogP contribution in [0.5, 0.6) is 5.75 Å². The number of fused-ring (bicyclic) bond motifs is 1. The van der Waals surface area contributed by atoms with Crippen LogP contribution in [0.25, 0.3) is 0 Å². The molecule has 0 unspecified atom stereocenters. The molecule has 0 saturated heterocycles. The van der Waals surface area contributed by atoms with Crippen molar-refractivity contribution in [1.82, 2.24) is 0 Å². The van der Waals surface area contributed by atoms with Crippen LogP contribution >= 0.6 is 0 Å². The standard InChI is InChI=1S/C9H9NO4/c11-9-5-13-8-2-1-6(4-14-12)3-7(8)10-9/h1-3,12H,4-5H2,(H,10,11). The van der Waals surface area contributed by atoms with Gasteiger partial charge in [0, 0.05) is 0 Å². The third-order valence-electron chi connectivity index (χ3n) is 1.91. The number of carbonyl (C=O) groups is 1. The number of nitrogens with one attached hydrogen (secondary N) is 1. The van der Waals surface area contributed by atoms with E-state index in [1.54, 1.807) is 18.2 Å². The van der Waals surface area contributed by atoms with Gasteiger partial charge in [0.15, 0.2) is 6.61 Å². The number of amides is 1. The first kappa shape index (κ1) is 8.98. The highest BCUT2D eigenvalue weighted by Crippen LogP contribution is 2.28. The number of carbonyl (C=O) groups excluding carboxylic acids is 1. The van der Waals surface area contributed by atoms with Gasteiger partial charge in [-0.2, -0.15) is 0 Å². The van der Waals surface area contributed by atoms with Gasteiger partial charge in [-0.3, -0.25) is 10.1 Å². The van der Waals surface area contributed by atoms with E-state index in [1.165, 1.54) is 0 Å². The van der Waals surface area contributed by atoms with Crippen molar-refractivity contribution >= 4 is 11.6 Å². The molecular formula is C9H9NO4. The molecule has 0 atom stereocenters. The predicted octanol–water partition coefficient (Wildman–Crippen LogP) is 1.01. The second-order valence-electron chi connectivity index (χ2n) is 2.94. The van der Waals surface area contributed by atoms with Gasteiger partial charge in [-0.25, -0.2) is 4.89 Å². The minimum atomic E-state index is -0.181. The Balaban J connectivity index is 2.28. The van der Waals surface area contributed by atoms with Gasteiger partial charge in [-0.05, 0) is 17.7 Å². The second-order valence-corrected chi connectivity index (χ2v) is 2.94. The zero-order valence-electron chi connectivity index (χ0n) is 7.32. The van der Waals surface area contributed by atoms with E-state index < -0.39 is 0 Å². The lowest BCUT2D eigenvalue weighted by molar-refractivity contribution is -0.253. The van der Waals surface area contributed by atoms with E-state index >= 15 is 0 Å². The summed E-state index contributed by atoms with van der Waals surface area (Å²) in [6.07, 6.45) is 0. The Morgan fingerprint density at radius 1 is 1.57 bits per heavy atom. The first-order valence-corrected chi connectivity index (χ1v) is 4.11. The Kier molecular flexibility index (Phi) is 2.34. The summed E-state index contributed by atoms with van der Waals surface area (Å²) < 4.78 is 5.15. The number of hydrogen-bond acceptors (Lipinski definition) is 4. The Hall–Kier alpha value is -1.59. The molecule has 1 aliphatic rings. The molecule has 0 fully saturated rings. The average Bonchev–Trinajstić information content (AvgIpc) is 2.17. The number of hydrogen-bond donors (Lipinski definition) is 2. The first-order valence-electron chi connectivity index (χ1n) is 4.11. The van der Waals surface area contributed by atoms with Gasteiger partial charge < -0.3 is 10.1 Å². The van der Waals surface area contributed by atoms with Crippen molar-refractivity contribution in [3.8, 4) is 5.75 Å². The Bertz CT molecular complexity index is 364. The van der Waals surface area contributed by atoms with Crippen LogP contribution in [0.2, 0.25) is 0 Å². The molecule has 1 aromatic carbocycles. The van der Waals surface area contributed by atoms with E-state index in [2.05, 4.69) is 10.2 Å². The number of rotatable bonds is 2. The Labute approximate surface area is 80.2 Å². The predicted molar refractivity (Wildman–Crippen MR) is 48.0 cm³/mol. The van der Waals surface area contributed by atoms with Crippen molar-refractivity contribution < 1.29 is 19.7 Å². The normalized spacial score (nSPS) is 14.2. The molecule has 0 radical (unpaired) electrons. The highest BCUT2D eigenvalue weighted by Gasteiger charge is 2.15. The molecule has 1 aliphatic heterocycles. The quantitative estimate of drug-likeness (QED) is 0.545. The van der Waals surface area contributed by atoms with Crippen LogP contribution in [0.1, 0.15) is 5.56 Å². The molecule has 0 bridgehead atoms. The summed E-state index contributed by atoms with van der Waals surface area (Å²) in [4.78, 5) is 15.0. The van der Waals surface area contributed by atoms with E-state index in [9.17, 15) is 4.79 Å². The third-order valence-corrected chi connectivity index (χ3v) is 1.91. The topological polar surface area (TPSA) is 67.8 Å². The van der Waals surface area contributed by atoms with E-state index in [4.69, 9.17) is 9.99 Å². The molecule has 0 aromatic heterocycles. The summed E-state index contributed by atoms with van der Waals surface area (Å²) in [7, 11) is 0. The van der Waals surface area contributed by atoms with E-state index in [-0.39, 0.29) is 19.1 Å². The van der Waals surface area contributed by atoms with Crippen LogP contribution < -0.4 is 10.1 Å². The fourth-order valence-electron chi connectivity index (χ4n) is 1.29. The second kappa shape index (κ2) is 3.65. The van der Waals surface area contributed by atoms with Crippen molar-refractivity contribution in [3.05, 3.63) is 23.8 Å². The van der Waals surface area contributed by atoms with E-state index in [0.29, 0.717) is 11.4 Å². The Morgan fingerprint density at radius 3 is 3.21 bits per heavy atom. The lowest BCUT2D eigenvalue weighted by Crippen LogP contribution is -2.25. The molecule has 0 aliphatic carbocycles. The molecule has 5 nitrogen and oxygen atoms in total. The van der Waals surface area contributed by atoms with Crippen LogP contribution in [0.3, 0.4) is 0 Å². The molecule has 1 amide bonds. The Morgan fingerprint density at radius 2 is 2.43 bits per heavy atom. The van der Waals surface area contributed by atoms with Crippen molar-refractivity contribution in [1.29, 1.82) is 0 Å². The molecular weight excluding hydrogens is 186 g/mol. The van der Waals surface area contributed by atoms with Gasteiger partial charge in [-0.15, -0.1) is 0 Å². The summed E-state index contributed by atoms with van der Waals surface area (Å²) >= 11 is 0. The van der Waals surface area contributed by atoms with Crippen LogP contribution in [-0.4, -0.2) is 17.8 Å². The van der Waals surface area contributed by atoms with Gasteiger partial charge in [0.05, 0.1) is 5.69 Å². The maximum absolute atomic E-state index is 11.0. The molecule has 5 heteroatoms. The lowest BCUT2D eigenvalue weighted by atomic mass is 10.2. The fourth-order valence-corrected chi connectivity index (χ4v) is 1.29. The van der Waals surface area contributed by atoms with E-state index in [1.807, 2.05) is 0 Å². The third kappa shape index (κ3) is 1.68. The molecule has 74 valence electrons. The SMILES string of the molecule is O=C1COc2ccc(COO)cc2N1. The molecule has 2 rings (SSSR count). The van der Waals surface area contributed by atoms with Crippen LogP contribution in [0.4, 0.5) is 5.69 Å². The maximum Gasteiger partial charge on any atom is 0.262 e. The van der Waals surface area contributed by atoms with Crippen molar-refractivity contribution in [2.45, 2.75) is 6.61 Å².